The summed E-state index contributed by atoms with van der Waals surface area (Å²) in [6.07, 6.45) is -0.00218. The number of halogens is 3. The van der Waals surface area contributed by atoms with Crippen LogP contribution >= 0.6 is 0 Å². The van der Waals surface area contributed by atoms with Crippen molar-refractivity contribution in [2.75, 3.05) is 0 Å². The van der Waals surface area contributed by atoms with E-state index in [1.807, 2.05) is 13.8 Å². The molecule has 1 N–H and O–H groups in total. The van der Waals surface area contributed by atoms with E-state index < -0.39 is 18.1 Å². The summed E-state index contributed by atoms with van der Waals surface area (Å²) in [6, 6.07) is 1.36. The van der Waals surface area contributed by atoms with Crippen molar-refractivity contribution in [1.29, 1.82) is 0 Å². The smallest absolute Gasteiger partial charge is 0.349 e. The van der Waals surface area contributed by atoms with Crippen LogP contribution in [0.1, 0.15) is 55.9 Å². The van der Waals surface area contributed by atoms with Crippen LogP contribution in [-0.4, -0.2) is 32.9 Å². The molecule has 1 amide bonds. The average molecular weight is 354 g/mol. The second-order valence-corrected chi connectivity index (χ2v) is 6.90. The molecule has 3 rings (SSSR count). The normalized spacial score (nSPS) is 21.7. The van der Waals surface area contributed by atoms with Gasteiger partial charge in [-0.15, -0.1) is 0 Å². The number of aromatic nitrogens is 3. The summed E-state index contributed by atoms with van der Waals surface area (Å²) in [5, 5.41) is 7.71. The molecule has 0 aromatic carbocycles. The molecule has 2 aromatic rings. The van der Waals surface area contributed by atoms with E-state index >= 15 is 0 Å². The van der Waals surface area contributed by atoms with E-state index in [1.54, 1.807) is 16.9 Å². The average Bonchev–Trinajstić information content (AvgIpc) is 2.97. The molecule has 0 bridgehead atoms. The Labute approximate surface area is 143 Å². The standard InChI is InChI=1S/C17H21F3N4O/c1-10(2)24-15-11(9-22-24)6-12(8-21-15)16(25)23-14-5-3-4-13(7-14)17(18,19)20/h6,8-10,13-14H,3-5,7H2,1-2H3,(H,23,25)/t13-,14-/m0/s1. The topological polar surface area (TPSA) is 59.8 Å². The van der Waals surface area contributed by atoms with Crippen LogP contribution in [0.2, 0.25) is 0 Å². The second kappa shape index (κ2) is 6.65. The molecule has 8 heteroatoms. The molecule has 0 spiro atoms. The minimum atomic E-state index is -4.20. The number of carbonyl (C=O) groups excluding carboxylic acids is 1. The van der Waals surface area contributed by atoms with Gasteiger partial charge in [0.05, 0.1) is 17.7 Å². The number of nitrogens with zero attached hydrogens (tertiary/aromatic N) is 3. The van der Waals surface area contributed by atoms with Crippen LogP contribution in [-0.2, 0) is 0 Å². The predicted molar refractivity (Wildman–Crippen MR) is 87.2 cm³/mol. The molecule has 1 saturated carbocycles. The Hall–Kier alpha value is -2.12. The number of rotatable bonds is 3. The Kier molecular flexibility index (Phi) is 4.71. The molecular weight excluding hydrogens is 333 g/mol. The molecule has 1 fully saturated rings. The fourth-order valence-corrected chi connectivity index (χ4v) is 3.33. The minimum absolute atomic E-state index is 0.0593. The maximum Gasteiger partial charge on any atom is 0.391 e. The Morgan fingerprint density at radius 1 is 1.32 bits per heavy atom. The number of amides is 1. The van der Waals surface area contributed by atoms with Gasteiger partial charge in [0.25, 0.3) is 5.91 Å². The largest absolute Gasteiger partial charge is 0.391 e. The SMILES string of the molecule is CC(C)n1ncc2cc(C(=O)N[C@H]3CCC[C@H](C(F)(F)F)C3)cnc21. The van der Waals surface area contributed by atoms with Crippen LogP contribution in [0.25, 0.3) is 11.0 Å². The highest BCUT2D eigenvalue weighted by atomic mass is 19.4. The molecule has 0 aliphatic heterocycles. The number of alkyl halides is 3. The van der Waals surface area contributed by atoms with Gasteiger partial charge in [-0.25, -0.2) is 9.67 Å². The highest BCUT2D eigenvalue weighted by Gasteiger charge is 2.42. The molecule has 0 saturated heterocycles. The fourth-order valence-electron chi connectivity index (χ4n) is 3.33. The van der Waals surface area contributed by atoms with Gasteiger partial charge in [0.1, 0.15) is 0 Å². The van der Waals surface area contributed by atoms with Crippen molar-refractivity contribution in [3.63, 3.8) is 0 Å². The molecule has 136 valence electrons. The van der Waals surface area contributed by atoms with E-state index in [2.05, 4.69) is 15.4 Å². The van der Waals surface area contributed by atoms with Crippen molar-refractivity contribution in [2.45, 2.75) is 57.8 Å². The van der Waals surface area contributed by atoms with Gasteiger partial charge in [-0.3, -0.25) is 4.79 Å². The third kappa shape index (κ3) is 3.77. The predicted octanol–water partition coefficient (Wildman–Crippen LogP) is 3.86. The van der Waals surface area contributed by atoms with Crippen LogP contribution < -0.4 is 5.32 Å². The number of carbonyl (C=O) groups is 1. The van der Waals surface area contributed by atoms with Crippen molar-refractivity contribution in [2.24, 2.45) is 5.92 Å². The summed E-state index contributed by atoms with van der Waals surface area (Å²) in [4.78, 5) is 16.7. The number of hydrogen-bond donors (Lipinski definition) is 1. The first-order valence-electron chi connectivity index (χ1n) is 8.46. The number of pyridine rings is 1. The number of nitrogens with one attached hydrogen (secondary N) is 1. The Morgan fingerprint density at radius 2 is 2.08 bits per heavy atom. The molecule has 1 aliphatic carbocycles. The first-order valence-corrected chi connectivity index (χ1v) is 8.46. The lowest BCUT2D eigenvalue weighted by Gasteiger charge is -2.31. The highest BCUT2D eigenvalue weighted by molar-refractivity contribution is 5.97. The summed E-state index contributed by atoms with van der Waals surface area (Å²) in [7, 11) is 0. The van der Waals surface area contributed by atoms with Crippen LogP contribution in [0, 0.1) is 5.92 Å². The third-order valence-electron chi connectivity index (χ3n) is 4.66. The van der Waals surface area contributed by atoms with Crippen molar-refractivity contribution in [3.05, 3.63) is 24.0 Å². The second-order valence-electron chi connectivity index (χ2n) is 6.90. The highest BCUT2D eigenvalue weighted by Crippen LogP contribution is 2.37. The van der Waals surface area contributed by atoms with E-state index in [0.717, 1.165) is 5.39 Å². The summed E-state index contributed by atoms with van der Waals surface area (Å²) >= 11 is 0. The zero-order valence-electron chi connectivity index (χ0n) is 14.2. The molecule has 2 aromatic heterocycles. The summed E-state index contributed by atoms with van der Waals surface area (Å²) in [5.74, 6) is -1.73. The molecule has 0 radical (unpaired) electrons. The quantitative estimate of drug-likeness (QED) is 0.910. The molecule has 25 heavy (non-hydrogen) atoms. The Bertz CT molecular complexity index is 769. The summed E-state index contributed by atoms with van der Waals surface area (Å²) < 4.78 is 40.4. The van der Waals surface area contributed by atoms with Gasteiger partial charge in [0.15, 0.2) is 5.65 Å². The summed E-state index contributed by atoms with van der Waals surface area (Å²) in [5.41, 5.74) is 1.02. The van der Waals surface area contributed by atoms with Gasteiger partial charge in [-0.1, -0.05) is 6.42 Å². The lowest BCUT2D eigenvalue weighted by atomic mass is 9.85. The zero-order chi connectivity index (χ0) is 18.2. The van der Waals surface area contributed by atoms with Gasteiger partial charge in [-0.2, -0.15) is 18.3 Å². The number of hydrogen-bond acceptors (Lipinski definition) is 3. The molecule has 2 atom stereocenters. The Morgan fingerprint density at radius 3 is 2.76 bits per heavy atom. The van der Waals surface area contributed by atoms with E-state index in [0.29, 0.717) is 24.1 Å². The fraction of sp³-hybridized carbons (Fsp3) is 0.588. The Balaban J connectivity index is 1.72. The molecule has 2 heterocycles. The van der Waals surface area contributed by atoms with E-state index in [9.17, 15) is 18.0 Å². The molecule has 1 aliphatic rings. The maximum atomic E-state index is 12.9. The van der Waals surface area contributed by atoms with Crippen molar-refractivity contribution < 1.29 is 18.0 Å². The lowest BCUT2D eigenvalue weighted by molar-refractivity contribution is -0.183. The maximum absolute atomic E-state index is 12.9. The van der Waals surface area contributed by atoms with Gasteiger partial charge < -0.3 is 5.32 Å². The first-order chi connectivity index (χ1) is 11.8. The van der Waals surface area contributed by atoms with Crippen molar-refractivity contribution in [1.82, 2.24) is 20.1 Å². The first kappa shape index (κ1) is 17.7. The molecule has 0 unspecified atom stereocenters. The third-order valence-corrected chi connectivity index (χ3v) is 4.66. The monoisotopic (exact) mass is 354 g/mol. The van der Waals surface area contributed by atoms with Crippen molar-refractivity contribution >= 4 is 16.9 Å². The molecule has 5 nitrogen and oxygen atoms in total. The van der Waals surface area contributed by atoms with Gasteiger partial charge in [-0.05, 0) is 39.2 Å². The van der Waals surface area contributed by atoms with E-state index in [1.165, 1.54) is 6.20 Å². The van der Waals surface area contributed by atoms with Crippen molar-refractivity contribution in [3.8, 4) is 0 Å². The van der Waals surface area contributed by atoms with Crippen LogP contribution in [0.15, 0.2) is 18.5 Å². The molecular formula is C17H21F3N4O. The number of fused-ring (bicyclic) bond motifs is 1. The summed E-state index contributed by atoms with van der Waals surface area (Å²) in [6.45, 7) is 3.96. The van der Waals surface area contributed by atoms with Crippen LogP contribution in [0.5, 0.6) is 0 Å². The van der Waals surface area contributed by atoms with E-state index in [-0.39, 0.29) is 24.8 Å². The lowest BCUT2D eigenvalue weighted by Crippen LogP contribution is -2.41. The van der Waals surface area contributed by atoms with Gasteiger partial charge >= 0.3 is 6.18 Å². The van der Waals surface area contributed by atoms with Gasteiger partial charge in [0.2, 0.25) is 0 Å². The zero-order valence-corrected chi connectivity index (χ0v) is 14.2. The van der Waals surface area contributed by atoms with Gasteiger partial charge in [0, 0.05) is 23.7 Å². The van der Waals surface area contributed by atoms with Crippen LogP contribution in [0.4, 0.5) is 13.2 Å². The van der Waals surface area contributed by atoms with Crippen LogP contribution in [0.3, 0.4) is 0 Å². The van der Waals surface area contributed by atoms with E-state index in [4.69, 9.17) is 0 Å². The minimum Gasteiger partial charge on any atom is -0.349 e.